The van der Waals surface area contributed by atoms with Crippen LogP contribution in [0.25, 0.3) is 94.7 Å². The van der Waals surface area contributed by atoms with Crippen LogP contribution in [0.3, 0.4) is 0 Å². The van der Waals surface area contributed by atoms with Gasteiger partial charge in [0.25, 0.3) is 0 Å². The molecule has 13 rings (SSSR count). The van der Waals surface area contributed by atoms with Crippen molar-refractivity contribution in [2.45, 2.75) is 0 Å². The lowest BCUT2D eigenvalue weighted by Gasteiger charge is -2.34. The van der Waals surface area contributed by atoms with Gasteiger partial charge in [-0.15, -0.1) is 0 Å². The van der Waals surface area contributed by atoms with Gasteiger partial charge in [-0.2, -0.15) is 0 Å². The maximum Gasteiger partial charge on any atom is 0.179 e. The number of fused-ring (bicyclic) bond motifs is 6. The minimum absolute atomic E-state index is 0.592. The second-order valence-electron chi connectivity index (χ2n) is 17.5. The quantitative estimate of drug-likeness (QED) is 0.107. The van der Waals surface area contributed by atoms with Crippen molar-refractivity contribution in [2.24, 2.45) is 0 Å². The molecule has 6 heteroatoms. The summed E-state index contributed by atoms with van der Waals surface area (Å²) in [4.78, 5) is 16.2. The number of benzene rings is 10. The van der Waals surface area contributed by atoms with E-state index >= 15 is 0 Å². The molecule has 69 heavy (non-hydrogen) atoms. The lowest BCUT2D eigenvalue weighted by atomic mass is 10.0. The molecule has 3 heterocycles. The Hall–Kier alpha value is -8.97. The lowest BCUT2D eigenvalue weighted by Crippen LogP contribution is -2.74. The molecule has 0 amide bonds. The molecule has 0 bridgehead atoms. The first-order chi connectivity index (χ1) is 34.2. The Labute approximate surface area is 400 Å². The standard InChI is InChI=1S/C63H42N4OSi/c1-4-20-47(21-5-1)69(48-22-6-2-7-23-48,49-24-8-3-9-25-49)50-26-18-19-46(41-50)62-64-61(44-37-35-43(36-38-44)45-39-40-54-53-29-13-17-34-59(53)68-60(54)42-45)65-63(66-62)55-30-12-16-33-58(55)67-56-31-14-10-27-51(56)52-28-11-15-32-57(52)67/h1-42H. The van der Waals surface area contributed by atoms with E-state index in [9.17, 15) is 0 Å². The van der Waals surface area contributed by atoms with Crippen LogP contribution in [0.4, 0.5) is 0 Å². The van der Waals surface area contributed by atoms with Crippen molar-refractivity contribution in [3.05, 3.63) is 255 Å². The highest BCUT2D eigenvalue weighted by molar-refractivity contribution is 7.19. The number of rotatable bonds is 9. The molecule has 0 aliphatic rings. The number of hydrogen-bond donors (Lipinski definition) is 0. The number of furan rings is 1. The Morgan fingerprint density at radius 3 is 1.43 bits per heavy atom. The van der Waals surface area contributed by atoms with Gasteiger partial charge < -0.3 is 8.98 Å². The Kier molecular flexibility index (Phi) is 9.77. The van der Waals surface area contributed by atoms with Gasteiger partial charge in [-0.05, 0) is 74.3 Å². The molecular formula is C63H42N4OSi. The molecule has 0 saturated heterocycles. The third kappa shape index (κ3) is 6.80. The van der Waals surface area contributed by atoms with Crippen LogP contribution in [0, 0.1) is 0 Å². The van der Waals surface area contributed by atoms with Crippen LogP contribution in [-0.4, -0.2) is 27.6 Å². The van der Waals surface area contributed by atoms with E-state index in [1.165, 1.54) is 31.5 Å². The summed E-state index contributed by atoms with van der Waals surface area (Å²) in [6, 6.07) is 90.8. The van der Waals surface area contributed by atoms with E-state index in [-0.39, 0.29) is 0 Å². The Morgan fingerprint density at radius 2 is 0.783 bits per heavy atom. The zero-order valence-electron chi connectivity index (χ0n) is 37.4. The highest BCUT2D eigenvalue weighted by Gasteiger charge is 2.41. The fraction of sp³-hybridized carbons (Fsp3) is 0. The zero-order valence-corrected chi connectivity index (χ0v) is 38.4. The van der Waals surface area contributed by atoms with Crippen LogP contribution in [0.15, 0.2) is 259 Å². The van der Waals surface area contributed by atoms with E-state index in [1.54, 1.807) is 0 Å². The second kappa shape index (κ2) is 16.7. The van der Waals surface area contributed by atoms with E-state index in [0.717, 1.165) is 66.5 Å². The molecule has 0 aliphatic heterocycles. The van der Waals surface area contributed by atoms with Crippen molar-refractivity contribution in [1.82, 2.24) is 19.5 Å². The van der Waals surface area contributed by atoms with Gasteiger partial charge in [-0.25, -0.2) is 15.0 Å². The minimum atomic E-state index is -2.86. The maximum absolute atomic E-state index is 6.28. The van der Waals surface area contributed by atoms with Gasteiger partial charge in [0.05, 0.1) is 16.7 Å². The van der Waals surface area contributed by atoms with Crippen LogP contribution in [0.1, 0.15) is 0 Å². The zero-order chi connectivity index (χ0) is 45.7. The minimum Gasteiger partial charge on any atom is -0.456 e. The highest BCUT2D eigenvalue weighted by atomic mass is 28.3. The first-order valence-electron chi connectivity index (χ1n) is 23.3. The summed E-state index contributed by atoms with van der Waals surface area (Å²) in [7, 11) is -2.86. The van der Waals surface area contributed by atoms with Crippen molar-refractivity contribution in [3.63, 3.8) is 0 Å². The van der Waals surface area contributed by atoms with Crippen molar-refractivity contribution >= 4 is 72.6 Å². The average Bonchev–Trinajstić information content (AvgIpc) is 3.97. The first-order valence-corrected chi connectivity index (χ1v) is 25.3. The van der Waals surface area contributed by atoms with Gasteiger partial charge >= 0.3 is 0 Å². The van der Waals surface area contributed by atoms with Gasteiger partial charge in [0.15, 0.2) is 25.5 Å². The van der Waals surface area contributed by atoms with Crippen LogP contribution < -0.4 is 20.7 Å². The molecule has 3 aromatic heterocycles. The van der Waals surface area contributed by atoms with Gasteiger partial charge in [0.1, 0.15) is 11.2 Å². The molecule has 13 aromatic rings. The van der Waals surface area contributed by atoms with E-state index in [1.807, 2.05) is 12.1 Å². The summed E-state index contributed by atoms with van der Waals surface area (Å²) >= 11 is 0. The normalized spacial score (nSPS) is 11.8. The van der Waals surface area contributed by atoms with Crippen LogP contribution >= 0.6 is 0 Å². The largest absolute Gasteiger partial charge is 0.456 e. The van der Waals surface area contributed by atoms with Crippen molar-refractivity contribution in [2.75, 3.05) is 0 Å². The van der Waals surface area contributed by atoms with E-state index in [2.05, 4.69) is 247 Å². The summed E-state index contributed by atoms with van der Waals surface area (Å²) in [5.74, 6) is 1.79. The summed E-state index contributed by atoms with van der Waals surface area (Å²) in [5.41, 5.74) is 9.85. The van der Waals surface area contributed by atoms with Gasteiger partial charge in [0.2, 0.25) is 0 Å². The van der Waals surface area contributed by atoms with Gasteiger partial charge in [-0.1, -0.05) is 212 Å². The van der Waals surface area contributed by atoms with Crippen LogP contribution in [0.2, 0.25) is 0 Å². The molecule has 0 N–H and O–H groups in total. The fourth-order valence-electron chi connectivity index (χ4n) is 10.5. The SMILES string of the molecule is c1ccc([Si](c2ccccc2)(c2ccccc2)c2cccc(-c3nc(-c4ccc(-c5ccc6c(c5)oc5ccccc56)cc4)nc(-c4ccccc4-n4c5ccccc5c5ccccc54)n3)c2)cc1. The molecule has 0 saturated carbocycles. The van der Waals surface area contributed by atoms with Crippen molar-refractivity contribution < 1.29 is 4.42 Å². The second-order valence-corrected chi connectivity index (χ2v) is 21.3. The smallest absolute Gasteiger partial charge is 0.179 e. The molecule has 5 nitrogen and oxygen atoms in total. The lowest BCUT2D eigenvalue weighted by molar-refractivity contribution is 0.669. The van der Waals surface area contributed by atoms with Crippen molar-refractivity contribution in [3.8, 4) is 51.0 Å². The molecule has 0 fully saturated rings. The summed E-state index contributed by atoms with van der Waals surface area (Å²) in [6.07, 6.45) is 0. The monoisotopic (exact) mass is 898 g/mol. The molecule has 0 radical (unpaired) electrons. The molecule has 0 spiro atoms. The van der Waals surface area contributed by atoms with Crippen molar-refractivity contribution in [1.29, 1.82) is 0 Å². The van der Waals surface area contributed by atoms with Gasteiger partial charge in [0, 0.05) is 38.2 Å². The molecule has 0 unspecified atom stereocenters. The van der Waals surface area contributed by atoms with E-state index < -0.39 is 8.07 Å². The summed E-state index contributed by atoms with van der Waals surface area (Å²) in [6.45, 7) is 0. The van der Waals surface area contributed by atoms with E-state index in [0.29, 0.717) is 17.5 Å². The van der Waals surface area contributed by atoms with E-state index in [4.69, 9.17) is 19.4 Å². The third-order valence-electron chi connectivity index (χ3n) is 13.6. The molecule has 0 atom stereocenters. The Bertz CT molecular complexity index is 3860. The molecular weight excluding hydrogens is 857 g/mol. The number of nitrogens with zero attached hydrogens (tertiary/aromatic N) is 4. The summed E-state index contributed by atoms with van der Waals surface area (Å²) in [5, 5.41) is 9.76. The predicted octanol–water partition coefficient (Wildman–Crippen LogP) is 12.9. The summed E-state index contributed by atoms with van der Waals surface area (Å²) < 4.78 is 8.62. The number of para-hydroxylation sites is 4. The molecule has 0 aliphatic carbocycles. The van der Waals surface area contributed by atoms with Crippen LogP contribution in [0.5, 0.6) is 0 Å². The molecule has 10 aromatic carbocycles. The Balaban J connectivity index is 1.01. The fourth-order valence-corrected chi connectivity index (χ4v) is 15.3. The number of aromatic nitrogens is 4. The maximum atomic E-state index is 6.28. The predicted molar refractivity (Wildman–Crippen MR) is 287 cm³/mol. The highest BCUT2D eigenvalue weighted by Crippen LogP contribution is 2.37. The number of hydrogen-bond acceptors (Lipinski definition) is 4. The average molecular weight is 899 g/mol. The topological polar surface area (TPSA) is 56.7 Å². The molecule has 324 valence electrons. The third-order valence-corrected chi connectivity index (χ3v) is 18.4. The van der Waals surface area contributed by atoms with Gasteiger partial charge in [-0.3, -0.25) is 0 Å². The first kappa shape index (κ1) is 40.3. The van der Waals surface area contributed by atoms with Crippen LogP contribution in [-0.2, 0) is 0 Å². The Morgan fingerprint density at radius 1 is 0.304 bits per heavy atom.